The Kier molecular flexibility index (Phi) is 2.77. The molecule has 0 unspecified atom stereocenters. The number of aryl methyl sites for hydroxylation is 1. The van der Waals surface area contributed by atoms with E-state index in [4.69, 9.17) is 0 Å². The minimum absolute atomic E-state index is 0.154. The second kappa shape index (κ2) is 4.23. The van der Waals surface area contributed by atoms with Crippen LogP contribution in [-0.4, -0.2) is 18.0 Å². The molecule has 0 N–H and O–H groups in total. The summed E-state index contributed by atoms with van der Waals surface area (Å²) in [5.41, 5.74) is 1.90. The molecule has 1 aliphatic rings. The molecule has 1 aromatic carbocycles. The first-order valence-corrected chi connectivity index (χ1v) is 5.04. The Morgan fingerprint density at radius 2 is 2.25 bits per heavy atom. The van der Waals surface area contributed by atoms with E-state index in [1.54, 1.807) is 0 Å². The van der Waals surface area contributed by atoms with E-state index in [2.05, 4.69) is 16.6 Å². The van der Waals surface area contributed by atoms with Crippen LogP contribution in [0.4, 0.5) is 0 Å². The lowest BCUT2D eigenvalue weighted by Gasteiger charge is -2.00. The molecule has 0 saturated heterocycles. The van der Waals surface area contributed by atoms with Gasteiger partial charge in [-0.25, -0.2) is 9.98 Å². The van der Waals surface area contributed by atoms with E-state index in [9.17, 15) is 4.79 Å². The zero-order valence-electron chi connectivity index (χ0n) is 9.10. The van der Waals surface area contributed by atoms with Crippen molar-refractivity contribution in [1.82, 2.24) is 0 Å². The predicted molar refractivity (Wildman–Crippen MR) is 66.0 cm³/mol. The molecule has 0 atom stereocenters. The van der Waals surface area contributed by atoms with Gasteiger partial charge in [-0.2, -0.15) is 0 Å². The molecule has 0 bridgehead atoms. The van der Waals surface area contributed by atoms with Gasteiger partial charge in [-0.3, -0.25) is 4.79 Å². The van der Waals surface area contributed by atoms with Crippen LogP contribution in [0.25, 0.3) is 12.7 Å². The highest BCUT2D eigenvalue weighted by Gasteiger charge is 2.06. The number of carbonyl (C=O) groups is 1. The van der Waals surface area contributed by atoms with Crippen LogP contribution in [0.1, 0.15) is 12.0 Å². The molecular formula is C13H12N2O. The number of amides is 1. The summed E-state index contributed by atoms with van der Waals surface area (Å²) in [4.78, 5) is 18.7. The van der Waals surface area contributed by atoms with Gasteiger partial charge in [0.25, 0.3) is 5.91 Å². The van der Waals surface area contributed by atoms with Gasteiger partial charge in [0.05, 0.1) is 12.1 Å². The summed E-state index contributed by atoms with van der Waals surface area (Å²) >= 11 is 0. The zero-order chi connectivity index (χ0) is 11.5. The van der Waals surface area contributed by atoms with Gasteiger partial charge in [0, 0.05) is 0 Å². The Bertz CT molecular complexity index is 597. The minimum Gasteiger partial charge on any atom is -0.272 e. The predicted octanol–water partition coefficient (Wildman–Crippen LogP) is 0.585. The number of hydrogen-bond donors (Lipinski definition) is 0. The maximum atomic E-state index is 11.1. The fourth-order valence-electron chi connectivity index (χ4n) is 1.56. The molecule has 0 fully saturated rings. The first-order chi connectivity index (χ1) is 7.65. The third-order valence-corrected chi connectivity index (χ3v) is 2.38. The van der Waals surface area contributed by atoms with Gasteiger partial charge in [0.15, 0.2) is 0 Å². The van der Waals surface area contributed by atoms with E-state index in [1.165, 1.54) is 11.9 Å². The molecule has 3 nitrogen and oxygen atoms in total. The molecule has 1 amide bonds. The van der Waals surface area contributed by atoms with Crippen molar-refractivity contribution >= 4 is 30.6 Å². The lowest BCUT2D eigenvalue weighted by Crippen LogP contribution is -2.25. The molecule has 2 rings (SSSR count). The molecule has 3 heteroatoms. The monoisotopic (exact) mass is 212 g/mol. The lowest BCUT2D eigenvalue weighted by atomic mass is 10.1. The second-order valence-electron chi connectivity index (χ2n) is 3.78. The van der Waals surface area contributed by atoms with Crippen molar-refractivity contribution in [2.24, 2.45) is 9.98 Å². The van der Waals surface area contributed by atoms with E-state index < -0.39 is 0 Å². The van der Waals surface area contributed by atoms with Crippen molar-refractivity contribution in [3.8, 4) is 0 Å². The van der Waals surface area contributed by atoms with Crippen LogP contribution < -0.4 is 10.4 Å². The lowest BCUT2D eigenvalue weighted by molar-refractivity contribution is -0.116. The van der Waals surface area contributed by atoms with E-state index in [1.807, 2.05) is 31.2 Å². The first kappa shape index (κ1) is 10.5. The molecular weight excluding hydrogens is 200 g/mol. The third-order valence-electron chi connectivity index (χ3n) is 2.38. The summed E-state index contributed by atoms with van der Waals surface area (Å²) in [6, 6.07) is 6.00. The van der Waals surface area contributed by atoms with E-state index in [0.717, 1.165) is 16.1 Å². The second-order valence-corrected chi connectivity index (χ2v) is 3.78. The number of carbonyl (C=O) groups excluding carboxylic acids is 1. The highest BCUT2D eigenvalue weighted by atomic mass is 16.1. The Morgan fingerprint density at radius 1 is 1.44 bits per heavy atom. The Labute approximate surface area is 93.6 Å². The molecule has 16 heavy (non-hydrogen) atoms. The maximum Gasteiger partial charge on any atom is 0.253 e. The van der Waals surface area contributed by atoms with E-state index in [0.29, 0.717) is 0 Å². The third kappa shape index (κ3) is 2.31. The molecule has 1 aliphatic heterocycles. The number of aliphatic imine (C=N–C) groups is 2. The van der Waals surface area contributed by atoms with Crippen molar-refractivity contribution < 1.29 is 4.79 Å². The summed E-state index contributed by atoms with van der Waals surface area (Å²) < 4.78 is 0. The van der Waals surface area contributed by atoms with Crippen molar-refractivity contribution in [2.75, 3.05) is 0 Å². The van der Waals surface area contributed by atoms with Crippen LogP contribution in [0.15, 0.2) is 28.2 Å². The summed E-state index contributed by atoms with van der Waals surface area (Å²) in [7, 11) is 0. The largest absolute Gasteiger partial charge is 0.272 e. The molecule has 0 saturated carbocycles. The van der Waals surface area contributed by atoms with Crippen LogP contribution >= 0.6 is 0 Å². The van der Waals surface area contributed by atoms with Crippen LogP contribution in [0, 0.1) is 6.92 Å². The first-order valence-electron chi connectivity index (χ1n) is 5.04. The smallest absolute Gasteiger partial charge is 0.253 e. The average molecular weight is 212 g/mol. The molecule has 1 heterocycles. The molecule has 80 valence electrons. The maximum absolute atomic E-state index is 11.1. The summed E-state index contributed by atoms with van der Waals surface area (Å²) in [5.74, 6) is -0.154. The van der Waals surface area contributed by atoms with E-state index in [-0.39, 0.29) is 12.3 Å². The van der Waals surface area contributed by atoms with Crippen molar-refractivity contribution in [2.45, 2.75) is 13.3 Å². The number of nitrogens with zero attached hydrogens (tertiary/aromatic N) is 2. The quantitative estimate of drug-likeness (QED) is 0.671. The van der Waals surface area contributed by atoms with Crippen LogP contribution in [0.2, 0.25) is 0 Å². The standard InChI is InChI=1S/C13H12N2O/c1-9-3-4-11(10(2)5-9)6-12-7-13(16)15-8-14-12/h3-6,8H,2,7H2,1H3/b11-6-. The Balaban J connectivity index is 2.45. The van der Waals surface area contributed by atoms with Gasteiger partial charge in [0.2, 0.25) is 0 Å². The highest BCUT2D eigenvalue weighted by Crippen LogP contribution is 1.97. The van der Waals surface area contributed by atoms with Gasteiger partial charge < -0.3 is 0 Å². The molecule has 0 radical (unpaired) electrons. The summed E-state index contributed by atoms with van der Waals surface area (Å²) in [6.45, 7) is 5.98. The van der Waals surface area contributed by atoms with Crippen molar-refractivity contribution in [1.29, 1.82) is 0 Å². The normalized spacial score (nSPS) is 16.4. The fourth-order valence-corrected chi connectivity index (χ4v) is 1.56. The van der Waals surface area contributed by atoms with Gasteiger partial charge >= 0.3 is 0 Å². The van der Waals surface area contributed by atoms with Gasteiger partial charge in [-0.05, 0) is 23.4 Å². The molecule has 0 aliphatic carbocycles. The van der Waals surface area contributed by atoms with Crippen molar-refractivity contribution in [3.05, 3.63) is 34.2 Å². The molecule has 0 spiro atoms. The van der Waals surface area contributed by atoms with Crippen LogP contribution in [0.3, 0.4) is 0 Å². The van der Waals surface area contributed by atoms with Gasteiger partial charge in [-0.15, -0.1) is 0 Å². The van der Waals surface area contributed by atoms with Gasteiger partial charge in [-0.1, -0.05) is 30.3 Å². The highest BCUT2D eigenvalue weighted by molar-refractivity contribution is 6.22. The summed E-state index contributed by atoms with van der Waals surface area (Å²) in [5, 5.41) is 1.94. The number of rotatable bonds is 1. The molecule has 1 aromatic rings. The SMILES string of the molecule is C=c1cc(C)cc/c1=C/C1=NC=NC(=O)C1. The van der Waals surface area contributed by atoms with Crippen LogP contribution in [0.5, 0.6) is 0 Å². The topological polar surface area (TPSA) is 41.8 Å². The van der Waals surface area contributed by atoms with Crippen molar-refractivity contribution in [3.63, 3.8) is 0 Å². The Hall–Kier alpha value is -2.03. The number of benzene rings is 1. The summed E-state index contributed by atoms with van der Waals surface area (Å²) in [6.07, 6.45) is 3.45. The minimum atomic E-state index is -0.154. The zero-order valence-corrected chi connectivity index (χ0v) is 9.10. The van der Waals surface area contributed by atoms with Crippen LogP contribution in [-0.2, 0) is 4.79 Å². The number of hydrogen-bond acceptors (Lipinski definition) is 2. The van der Waals surface area contributed by atoms with Gasteiger partial charge in [0.1, 0.15) is 6.34 Å². The Morgan fingerprint density at radius 3 is 2.94 bits per heavy atom. The van der Waals surface area contributed by atoms with E-state index >= 15 is 0 Å². The average Bonchev–Trinajstić information content (AvgIpc) is 2.22. The molecule has 0 aromatic heterocycles. The fraction of sp³-hybridized carbons (Fsp3) is 0.154.